The number of nitrogens with one attached hydrogen (secondary N) is 1. The van der Waals surface area contributed by atoms with Crippen molar-refractivity contribution in [3.63, 3.8) is 0 Å². The van der Waals surface area contributed by atoms with Crippen LogP contribution in [0.3, 0.4) is 0 Å². The highest BCUT2D eigenvalue weighted by molar-refractivity contribution is 5.84. The van der Waals surface area contributed by atoms with Crippen LogP contribution in [0.2, 0.25) is 0 Å². The van der Waals surface area contributed by atoms with E-state index in [1.54, 1.807) is 4.68 Å². The minimum atomic E-state index is -0.0534. The van der Waals surface area contributed by atoms with Crippen LogP contribution >= 0.6 is 0 Å². The fourth-order valence-corrected chi connectivity index (χ4v) is 4.18. The number of allylic oxidation sites excluding steroid dienone is 2. The third kappa shape index (κ3) is 4.17. The number of benzene rings is 1. The lowest BCUT2D eigenvalue weighted by atomic mass is 9.93. The van der Waals surface area contributed by atoms with Crippen molar-refractivity contribution in [2.24, 2.45) is 5.92 Å². The van der Waals surface area contributed by atoms with E-state index >= 15 is 0 Å². The van der Waals surface area contributed by atoms with Gasteiger partial charge in [-0.15, -0.1) is 0 Å². The third-order valence-electron chi connectivity index (χ3n) is 5.84. The molecule has 1 saturated heterocycles. The Morgan fingerprint density at radius 3 is 2.64 bits per heavy atom. The number of carbonyl (C=O) groups excluding carboxylic acids is 1. The number of amides is 1. The van der Waals surface area contributed by atoms with Crippen LogP contribution in [0.5, 0.6) is 0 Å². The highest BCUT2D eigenvalue weighted by Gasteiger charge is 2.19. The standard InChI is InChI=1S/C22H28N4O2/c27-21(17-8-2-1-3-9-17)23-16-20-18-10-4-5-11-19(18)22(28)26(24-20)15-14-25-12-6-7-13-25/h1-2,4-5,10-11,17H,3,6-9,12-16H2,(H,23,27). The van der Waals surface area contributed by atoms with Crippen LogP contribution in [0.1, 0.15) is 37.8 Å². The van der Waals surface area contributed by atoms with Crippen LogP contribution in [0.25, 0.3) is 10.8 Å². The van der Waals surface area contributed by atoms with E-state index in [1.807, 2.05) is 24.3 Å². The van der Waals surface area contributed by atoms with Gasteiger partial charge in [0.05, 0.1) is 24.2 Å². The fraction of sp³-hybridized carbons (Fsp3) is 0.500. The number of nitrogens with zero attached hydrogens (tertiary/aromatic N) is 3. The van der Waals surface area contributed by atoms with Gasteiger partial charge in [-0.25, -0.2) is 4.68 Å². The molecule has 148 valence electrons. The number of hydrogen-bond donors (Lipinski definition) is 1. The van der Waals surface area contributed by atoms with E-state index in [9.17, 15) is 9.59 Å². The summed E-state index contributed by atoms with van der Waals surface area (Å²) >= 11 is 0. The number of carbonyl (C=O) groups is 1. The summed E-state index contributed by atoms with van der Waals surface area (Å²) in [6, 6.07) is 7.56. The van der Waals surface area contributed by atoms with E-state index in [0.29, 0.717) is 18.5 Å². The van der Waals surface area contributed by atoms with Crippen molar-refractivity contribution >= 4 is 16.7 Å². The molecule has 1 aliphatic carbocycles. The van der Waals surface area contributed by atoms with Gasteiger partial charge in [-0.1, -0.05) is 30.4 Å². The van der Waals surface area contributed by atoms with E-state index < -0.39 is 0 Å². The molecule has 1 atom stereocenters. The van der Waals surface area contributed by atoms with Crippen molar-refractivity contribution in [1.29, 1.82) is 0 Å². The molecule has 1 unspecified atom stereocenters. The molecular weight excluding hydrogens is 352 g/mol. The quantitative estimate of drug-likeness (QED) is 0.782. The summed E-state index contributed by atoms with van der Waals surface area (Å²) in [4.78, 5) is 27.7. The van der Waals surface area contributed by atoms with Crippen molar-refractivity contribution in [1.82, 2.24) is 20.0 Å². The molecule has 1 amide bonds. The summed E-state index contributed by atoms with van der Waals surface area (Å²) in [5, 5.41) is 9.17. The van der Waals surface area contributed by atoms with Crippen LogP contribution < -0.4 is 10.9 Å². The monoisotopic (exact) mass is 380 g/mol. The second-order valence-corrected chi connectivity index (χ2v) is 7.77. The first-order chi connectivity index (χ1) is 13.7. The number of aromatic nitrogens is 2. The van der Waals surface area contributed by atoms with Gasteiger partial charge in [0.15, 0.2) is 0 Å². The fourth-order valence-electron chi connectivity index (χ4n) is 4.18. The highest BCUT2D eigenvalue weighted by atomic mass is 16.2. The van der Waals surface area contributed by atoms with Crippen molar-refractivity contribution in [2.45, 2.75) is 45.2 Å². The Labute approximate surface area is 165 Å². The average Bonchev–Trinajstić information content (AvgIpc) is 3.27. The molecule has 0 bridgehead atoms. The summed E-state index contributed by atoms with van der Waals surface area (Å²) in [6.07, 6.45) is 9.33. The van der Waals surface area contributed by atoms with Crippen molar-refractivity contribution < 1.29 is 4.79 Å². The summed E-state index contributed by atoms with van der Waals surface area (Å²) in [6.45, 7) is 3.97. The van der Waals surface area contributed by atoms with Gasteiger partial charge in [0.2, 0.25) is 5.91 Å². The second-order valence-electron chi connectivity index (χ2n) is 7.77. The van der Waals surface area contributed by atoms with Gasteiger partial charge in [0, 0.05) is 17.8 Å². The maximum Gasteiger partial charge on any atom is 0.274 e. The molecule has 4 rings (SSSR count). The predicted octanol–water partition coefficient (Wildman–Crippen LogP) is 2.46. The molecule has 1 aromatic carbocycles. The van der Waals surface area contributed by atoms with Gasteiger partial charge in [0.25, 0.3) is 5.56 Å². The zero-order valence-electron chi connectivity index (χ0n) is 16.3. The van der Waals surface area contributed by atoms with Crippen molar-refractivity contribution in [2.75, 3.05) is 19.6 Å². The van der Waals surface area contributed by atoms with Crippen LogP contribution in [-0.4, -0.2) is 40.2 Å². The molecule has 2 aliphatic rings. The summed E-state index contributed by atoms with van der Waals surface area (Å²) in [7, 11) is 0. The third-order valence-corrected chi connectivity index (χ3v) is 5.84. The number of likely N-dealkylation sites (tertiary alicyclic amines) is 1. The van der Waals surface area contributed by atoms with Gasteiger partial charge >= 0.3 is 0 Å². The molecule has 2 aromatic rings. The Balaban J connectivity index is 1.53. The molecule has 2 heterocycles. The lowest BCUT2D eigenvalue weighted by molar-refractivity contribution is -0.125. The minimum absolute atomic E-state index is 0.0392. The molecule has 1 aromatic heterocycles. The predicted molar refractivity (Wildman–Crippen MR) is 110 cm³/mol. The van der Waals surface area contributed by atoms with E-state index in [0.717, 1.165) is 50.0 Å². The Kier molecular flexibility index (Phi) is 5.86. The normalized spacial score (nSPS) is 19.9. The van der Waals surface area contributed by atoms with Gasteiger partial charge in [-0.3, -0.25) is 9.59 Å². The molecular formula is C22H28N4O2. The molecule has 0 radical (unpaired) electrons. The molecule has 6 nitrogen and oxygen atoms in total. The molecule has 0 spiro atoms. The second kappa shape index (κ2) is 8.69. The summed E-state index contributed by atoms with van der Waals surface area (Å²) in [5.74, 6) is 0.113. The molecule has 6 heteroatoms. The van der Waals surface area contributed by atoms with Gasteiger partial charge in [-0.2, -0.15) is 5.10 Å². The van der Waals surface area contributed by atoms with E-state index in [-0.39, 0.29) is 17.4 Å². The van der Waals surface area contributed by atoms with Gasteiger partial charge in [0.1, 0.15) is 0 Å². The smallest absolute Gasteiger partial charge is 0.274 e. The van der Waals surface area contributed by atoms with Crippen LogP contribution in [0, 0.1) is 5.92 Å². The first kappa shape index (κ1) is 18.9. The molecule has 28 heavy (non-hydrogen) atoms. The highest BCUT2D eigenvalue weighted by Crippen LogP contribution is 2.19. The Hall–Kier alpha value is -2.47. The zero-order chi connectivity index (χ0) is 19.3. The lowest BCUT2D eigenvalue weighted by Gasteiger charge is -2.18. The maximum atomic E-state index is 12.9. The van der Waals surface area contributed by atoms with E-state index in [4.69, 9.17) is 0 Å². The average molecular weight is 380 g/mol. The maximum absolute atomic E-state index is 12.9. The molecule has 1 aliphatic heterocycles. The molecule has 1 fully saturated rings. The zero-order valence-corrected chi connectivity index (χ0v) is 16.3. The Morgan fingerprint density at radius 2 is 1.89 bits per heavy atom. The van der Waals surface area contributed by atoms with Crippen LogP contribution in [0.4, 0.5) is 0 Å². The minimum Gasteiger partial charge on any atom is -0.350 e. The molecule has 0 saturated carbocycles. The summed E-state index contributed by atoms with van der Waals surface area (Å²) in [5.41, 5.74) is 0.707. The lowest BCUT2D eigenvalue weighted by Crippen LogP contribution is -2.34. The van der Waals surface area contributed by atoms with Crippen molar-refractivity contribution in [3.05, 3.63) is 52.5 Å². The van der Waals surface area contributed by atoms with Gasteiger partial charge < -0.3 is 10.2 Å². The number of hydrogen-bond acceptors (Lipinski definition) is 4. The Bertz CT molecular complexity index is 928. The molecule has 1 N–H and O–H groups in total. The summed E-state index contributed by atoms with van der Waals surface area (Å²) < 4.78 is 1.57. The number of rotatable bonds is 6. The first-order valence-electron chi connectivity index (χ1n) is 10.4. The van der Waals surface area contributed by atoms with Crippen LogP contribution in [0.15, 0.2) is 41.2 Å². The number of fused-ring (bicyclic) bond motifs is 1. The van der Waals surface area contributed by atoms with E-state index in [2.05, 4.69) is 27.5 Å². The van der Waals surface area contributed by atoms with Gasteiger partial charge in [-0.05, 0) is 51.3 Å². The van der Waals surface area contributed by atoms with E-state index in [1.165, 1.54) is 12.8 Å². The largest absolute Gasteiger partial charge is 0.350 e. The topological polar surface area (TPSA) is 67.2 Å². The van der Waals surface area contributed by atoms with Crippen LogP contribution in [-0.2, 0) is 17.9 Å². The first-order valence-corrected chi connectivity index (χ1v) is 10.4. The van der Waals surface area contributed by atoms with Crippen molar-refractivity contribution in [3.8, 4) is 0 Å². The Morgan fingerprint density at radius 1 is 1.11 bits per heavy atom. The SMILES string of the molecule is O=C(NCc1nn(CCN2CCCC2)c(=O)c2ccccc12)C1CC=CCC1.